The molecule has 2 atom stereocenters. The second-order valence-corrected chi connectivity index (χ2v) is 5.81. The fourth-order valence-corrected chi connectivity index (χ4v) is 3.00. The Morgan fingerprint density at radius 3 is 2.94 bits per heavy atom. The monoisotopic (exact) mass is 235 g/mol. The van der Waals surface area contributed by atoms with Gasteiger partial charge in [-0.2, -0.15) is 5.10 Å². The van der Waals surface area contributed by atoms with Gasteiger partial charge >= 0.3 is 0 Å². The molecule has 0 aliphatic heterocycles. The summed E-state index contributed by atoms with van der Waals surface area (Å²) in [4.78, 5) is 0. The third-order valence-electron chi connectivity index (χ3n) is 3.69. The van der Waals surface area contributed by atoms with E-state index in [1.807, 2.05) is 10.9 Å². The van der Waals surface area contributed by atoms with Crippen LogP contribution in [0, 0.1) is 5.92 Å². The summed E-state index contributed by atoms with van der Waals surface area (Å²) in [5.74, 6) is 0.759. The maximum absolute atomic E-state index is 4.39. The first-order chi connectivity index (χ1) is 8.08. The molecule has 1 aliphatic carbocycles. The highest BCUT2D eigenvalue weighted by Crippen LogP contribution is 2.29. The molecule has 3 nitrogen and oxygen atoms in total. The predicted molar refractivity (Wildman–Crippen MR) is 70.9 cm³/mol. The summed E-state index contributed by atoms with van der Waals surface area (Å²) >= 11 is 0. The Morgan fingerprint density at radius 2 is 2.24 bits per heavy atom. The highest BCUT2D eigenvalue weighted by Gasteiger charge is 2.24. The van der Waals surface area contributed by atoms with Crippen molar-refractivity contribution in [1.82, 2.24) is 15.1 Å². The highest BCUT2D eigenvalue weighted by molar-refractivity contribution is 5.24. The van der Waals surface area contributed by atoms with Gasteiger partial charge in [0.15, 0.2) is 0 Å². The first-order valence-electron chi connectivity index (χ1n) is 6.84. The van der Waals surface area contributed by atoms with Crippen LogP contribution in [0.4, 0.5) is 0 Å². The van der Waals surface area contributed by atoms with Crippen LogP contribution in [-0.4, -0.2) is 15.8 Å². The van der Waals surface area contributed by atoms with Gasteiger partial charge in [0.25, 0.3) is 0 Å². The van der Waals surface area contributed by atoms with Crippen molar-refractivity contribution in [3.63, 3.8) is 0 Å². The quantitative estimate of drug-likeness (QED) is 0.869. The lowest BCUT2D eigenvalue weighted by atomic mass is 9.92. The number of hydrogen-bond donors (Lipinski definition) is 1. The minimum atomic E-state index is 0.515. The number of nitrogens with zero attached hydrogens (tertiary/aromatic N) is 2. The van der Waals surface area contributed by atoms with Gasteiger partial charge in [-0.15, -0.1) is 0 Å². The maximum atomic E-state index is 4.39. The van der Waals surface area contributed by atoms with Crippen LogP contribution in [0.25, 0.3) is 0 Å². The van der Waals surface area contributed by atoms with Gasteiger partial charge in [-0.1, -0.05) is 13.8 Å². The van der Waals surface area contributed by atoms with E-state index in [4.69, 9.17) is 0 Å². The molecular formula is C14H25N3. The van der Waals surface area contributed by atoms with Crippen molar-refractivity contribution in [2.75, 3.05) is 0 Å². The van der Waals surface area contributed by atoms with Gasteiger partial charge in [0.1, 0.15) is 0 Å². The Balaban J connectivity index is 2.03. The van der Waals surface area contributed by atoms with Gasteiger partial charge in [0, 0.05) is 30.4 Å². The third kappa shape index (κ3) is 2.89. The molecule has 1 aromatic rings. The summed E-state index contributed by atoms with van der Waals surface area (Å²) in [5.41, 5.74) is 2.85. The molecule has 0 saturated carbocycles. The fourth-order valence-electron chi connectivity index (χ4n) is 3.00. The molecule has 1 heterocycles. The Hall–Kier alpha value is -0.830. The average molecular weight is 235 g/mol. The van der Waals surface area contributed by atoms with E-state index < -0.39 is 0 Å². The van der Waals surface area contributed by atoms with Crippen LogP contribution in [0.15, 0.2) is 6.20 Å². The molecule has 3 heteroatoms. The molecule has 0 saturated heterocycles. The number of nitrogens with one attached hydrogen (secondary N) is 1. The first-order valence-corrected chi connectivity index (χ1v) is 6.84. The van der Waals surface area contributed by atoms with Crippen LogP contribution in [0.3, 0.4) is 0 Å². The minimum Gasteiger partial charge on any atom is -0.307 e. The van der Waals surface area contributed by atoms with Crippen LogP contribution in [0.2, 0.25) is 0 Å². The summed E-state index contributed by atoms with van der Waals surface area (Å²) in [6, 6.07) is 1.10. The van der Waals surface area contributed by atoms with E-state index >= 15 is 0 Å². The summed E-state index contributed by atoms with van der Waals surface area (Å²) in [7, 11) is 2.05. The first kappa shape index (κ1) is 12.6. The number of hydrogen-bond acceptors (Lipinski definition) is 2. The molecule has 1 aliphatic rings. The lowest BCUT2D eigenvalue weighted by Gasteiger charge is -2.28. The van der Waals surface area contributed by atoms with E-state index in [1.54, 1.807) is 0 Å². The third-order valence-corrected chi connectivity index (χ3v) is 3.69. The molecule has 0 amide bonds. The summed E-state index contributed by atoms with van der Waals surface area (Å²) < 4.78 is 2.04. The molecule has 96 valence electrons. The normalized spacial score (nSPS) is 21.6. The van der Waals surface area contributed by atoms with E-state index in [2.05, 4.69) is 38.2 Å². The highest BCUT2D eigenvalue weighted by atomic mass is 15.3. The van der Waals surface area contributed by atoms with Gasteiger partial charge in [0.05, 0.1) is 6.20 Å². The molecule has 2 unspecified atom stereocenters. The Morgan fingerprint density at radius 1 is 1.47 bits per heavy atom. The van der Waals surface area contributed by atoms with Crippen molar-refractivity contribution in [2.45, 2.75) is 58.5 Å². The Bertz CT molecular complexity index is 368. The standard InChI is InChI=1S/C14H25N3/c1-10(2)8-11(3)16-13-6-5-7-14-12(13)9-15-17(14)4/h9-11,13,16H,5-8H2,1-4H3. The summed E-state index contributed by atoms with van der Waals surface area (Å²) in [6.07, 6.45) is 7.00. The molecule has 0 aromatic carbocycles. The van der Waals surface area contributed by atoms with Crippen molar-refractivity contribution in [1.29, 1.82) is 0 Å². The zero-order valence-electron chi connectivity index (χ0n) is 11.5. The number of fused-ring (bicyclic) bond motifs is 1. The minimum absolute atomic E-state index is 0.515. The number of aryl methyl sites for hydroxylation is 1. The van der Waals surface area contributed by atoms with Crippen molar-refractivity contribution >= 4 is 0 Å². The fraction of sp³-hybridized carbons (Fsp3) is 0.786. The second-order valence-electron chi connectivity index (χ2n) is 5.81. The lowest BCUT2D eigenvalue weighted by molar-refractivity contribution is 0.365. The predicted octanol–water partition coefficient (Wildman–Crippen LogP) is 2.82. The van der Waals surface area contributed by atoms with Crippen molar-refractivity contribution in [3.05, 3.63) is 17.5 Å². The van der Waals surface area contributed by atoms with Crippen molar-refractivity contribution < 1.29 is 0 Å². The SMILES string of the molecule is CC(C)CC(C)NC1CCCc2c1cnn2C. The average Bonchev–Trinajstić information content (AvgIpc) is 2.61. The molecular weight excluding hydrogens is 210 g/mol. The van der Waals surface area contributed by atoms with Gasteiger partial charge in [-0.05, 0) is 38.5 Å². The number of aromatic nitrogens is 2. The molecule has 0 fully saturated rings. The van der Waals surface area contributed by atoms with Crippen molar-refractivity contribution in [2.24, 2.45) is 13.0 Å². The van der Waals surface area contributed by atoms with Gasteiger partial charge in [-0.3, -0.25) is 4.68 Å². The van der Waals surface area contributed by atoms with E-state index in [0.717, 1.165) is 5.92 Å². The van der Waals surface area contributed by atoms with Gasteiger partial charge in [0.2, 0.25) is 0 Å². The van der Waals surface area contributed by atoms with Gasteiger partial charge in [-0.25, -0.2) is 0 Å². The molecule has 1 aromatic heterocycles. The largest absolute Gasteiger partial charge is 0.307 e. The van der Waals surface area contributed by atoms with Crippen molar-refractivity contribution in [3.8, 4) is 0 Å². The Kier molecular flexibility index (Phi) is 3.87. The number of rotatable bonds is 4. The lowest BCUT2D eigenvalue weighted by Crippen LogP contribution is -2.33. The second kappa shape index (κ2) is 5.21. The van der Waals surface area contributed by atoms with E-state index in [0.29, 0.717) is 12.1 Å². The maximum Gasteiger partial charge on any atom is 0.0540 e. The topological polar surface area (TPSA) is 29.9 Å². The molecule has 1 N–H and O–H groups in total. The van der Waals surface area contributed by atoms with Gasteiger partial charge < -0.3 is 5.32 Å². The molecule has 0 spiro atoms. The smallest absolute Gasteiger partial charge is 0.0540 e. The summed E-state index contributed by atoms with van der Waals surface area (Å²) in [6.45, 7) is 6.87. The zero-order chi connectivity index (χ0) is 12.4. The van der Waals surface area contributed by atoms with Crippen LogP contribution in [-0.2, 0) is 13.5 Å². The summed E-state index contributed by atoms with van der Waals surface area (Å²) in [5, 5.41) is 8.16. The molecule has 2 rings (SSSR count). The van der Waals surface area contributed by atoms with E-state index in [-0.39, 0.29) is 0 Å². The molecule has 0 radical (unpaired) electrons. The van der Waals surface area contributed by atoms with Crippen LogP contribution in [0.5, 0.6) is 0 Å². The Labute approximate surface area is 105 Å². The van der Waals surface area contributed by atoms with Crippen LogP contribution in [0.1, 0.15) is 57.3 Å². The van der Waals surface area contributed by atoms with E-state index in [1.165, 1.54) is 36.9 Å². The molecule has 17 heavy (non-hydrogen) atoms. The zero-order valence-corrected chi connectivity index (χ0v) is 11.5. The van der Waals surface area contributed by atoms with Crippen LogP contribution >= 0.6 is 0 Å². The molecule has 0 bridgehead atoms. The van der Waals surface area contributed by atoms with Crippen LogP contribution < -0.4 is 5.32 Å². The van der Waals surface area contributed by atoms with E-state index in [9.17, 15) is 0 Å².